The molecule has 0 aromatic carbocycles. The van der Waals surface area contributed by atoms with E-state index in [9.17, 15) is 0 Å². The summed E-state index contributed by atoms with van der Waals surface area (Å²) in [6, 6.07) is 0. The maximum absolute atomic E-state index is 2.95. The van der Waals surface area contributed by atoms with Crippen molar-refractivity contribution in [2.24, 2.45) is 0 Å². The average Bonchev–Trinajstić information content (AvgIpc) is 2.67. The maximum atomic E-state index is 2.95. The zero-order valence-electron chi connectivity index (χ0n) is 12.8. The molecule has 0 radical (unpaired) electrons. The summed E-state index contributed by atoms with van der Waals surface area (Å²) in [4.78, 5) is 0. The van der Waals surface area contributed by atoms with Crippen LogP contribution in [0.2, 0.25) is 22.2 Å². The molecule has 1 nitrogen and oxygen atoms in total. The van der Waals surface area contributed by atoms with E-state index in [1.807, 2.05) is 0 Å². The Labute approximate surface area is 105 Å². The molecule has 0 saturated carbocycles. The molecule has 0 bridgehead atoms. The van der Waals surface area contributed by atoms with Gasteiger partial charge in [-0.25, -0.2) is 0 Å². The third kappa shape index (κ3) is 1.37. The van der Waals surface area contributed by atoms with Crippen molar-refractivity contribution in [2.45, 2.75) is 77.6 Å². The van der Waals surface area contributed by atoms with Crippen LogP contribution < -0.4 is 0 Å². The van der Waals surface area contributed by atoms with E-state index in [0.717, 1.165) is 22.2 Å². The van der Waals surface area contributed by atoms with Crippen molar-refractivity contribution >= 4 is 15.5 Å². The van der Waals surface area contributed by atoms with Crippen LogP contribution in [0.1, 0.15) is 55.4 Å². The topological polar surface area (TPSA) is 3.01 Å². The Morgan fingerprint density at radius 1 is 0.562 bits per heavy atom. The molecule has 96 valence electrons. The predicted molar refractivity (Wildman–Crippen MR) is 79.7 cm³/mol. The second kappa shape index (κ2) is 4.25. The largest absolute Gasteiger partial charge is 0.349 e. The summed E-state index contributed by atoms with van der Waals surface area (Å²) in [6.45, 7) is 19.9. The monoisotopic (exact) mass is 257 g/mol. The molecular weight excluding hydrogens is 226 g/mol. The van der Waals surface area contributed by atoms with Gasteiger partial charge in [0.15, 0.2) is 0 Å². The first-order chi connectivity index (χ1) is 7.18. The first kappa shape index (κ1) is 14.5. The molecule has 3 heteroatoms. The Kier molecular flexibility index (Phi) is 3.84. The van der Waals surface area contributed by atoms with E-state index in [1.165, 1.54) is 0 Å². The van der Waals surface area contributed by atoms with E-state index in [0.29, 0.717) is 0 Å². The van der Waals surface area contributed by atoms with Crippen molar-refractivity contribution < 1.29 is 0 Å². The average molecular weight is 258 g/mol. The molecule has 1 fully saturated rings. The highest BCUT2D eigenvalue weighted by Gasteiger charge is 2.80. The standard InChI is InChI=1S/C13H31NSi2/c1-10(2)15(11(3)4)14(9)16(15,12(5)6)13(7)8/h10-13H,1-9H3. The van der Waals surface area contributed by atoms with Crippen molar-refractivity contribution in [3.05, 3.63) is 0 Å². The van der Waals surface area contributed by atoms with E-state index in [1.54, 1.807) is 0 Å². The summed E-state index contributed by atoms with van der Waals surface area (Å²) < 4.78 is 2.95. The zero-order chi connectivity index (χ0) is 12.9. The van der Waals surface area contributed by atoms with E-state index in [4.69, 9.17) is 0 Å². The summed E-state index contributed by atoms with van der Waals surface area (Å²) >= 11 is 0. The predicted octanol–water partition coefficient (Wildman–Crippen LogP) is 4.54. The first-order valence-electron chi connectivity index (χ1n) is 6.92. The molecule has 0 aromatic rings. The minimum Gasteiger partial charge on any atom is -0.349 e. The van der Waals surface area contributed by atoms with Crippen LogP contribution in [0.5, 0.6) is 0 Å². The Bertz CT molecular complexity index is 217. The van der Waals surface area contributed by atoms with Gasteiger partial charge in [0.2, 0.25) is 0 Å². The smallest absolute Gasteiger partial charge is 0.134 e. The van der Waals surface area contributed by atoms with Gasteiger partial charge in [-0.2, -0.15) is 0 Å². The molecule has 0 atom stereocenters. The fraction of sp³-hybridized carbons (Fsp3) is 1.00. The fourth-order valence-corrected chi connectivity index (χ4v) is 36.0. The van der Waals surface area contributed by atoms with Gasteiger partial charge in [-0.3, -0.25) is 0 Å². The van der Waals surface area contributed by atoms with Crippen molar-refractivity contribution in [1.82, 2.24) is 4.23 Å². The van der Waals surface area contributed by atoms with Crippen LogP contribution >= 0.6 is 0 Å². The quantitative estimate of drug-likeness (QED) is 0.528. The molecule has 0 aromatic heterocycles. The van der Waals surface area contributed by atoms with Gasteiger partial charge in [0, 0.05) is 0 Å². The molecule has 1 rings (SSSR count). The zero-order valence-corrected chi connectivity index (χ0v) is 14.8. The van der Waals surface area contributed by atoms with Crippen molar-refractivity contribution in [1.29, 1.82) is 0 Å². The maximum Gasteiger partial charge on any atom is 0.134 e. The highest BCUT2D eigenvalue weighted by atomic mass is 29.3. The van der Waals surface area contributed by atoms with Gasteiger partial charge in [-0.05, 0) is 29.2 Å². The highest BCUT2D eigenvalue weighted by Crippen LogP contribution is 2.64. The van der Waals surface area contributed by atoms with Crippen molar-refractivity contribution in [2.75, 3.05) is 7.05 Å². The molecule has 0 aliphatic carbocycles. The fourth-order valence-electron chi connectivity index (χ4n) is 5.32. The summed E-state index contributed by atoms with van der Waals surface area (Å²) in [6.07, 6.45) is 0. The molecule has 0 amide bonds. The molecule has 1 saturated heterocycles. The van der Waals surface area contributed by atoms with Crippen LogP contribution in [0, 0.1) is 0 Å². The minimum atomic E-state index is -1.15. The number of hydrogen-bond donors (Lipinski definition) is 0. The second-order valence-electron chi connectivity index (χ2n) is 6.83. The molecule has 0 unspecified atom stereocenters. The van der Waals surface area contributed by atoms with Gasteiger partial charge >= 0.3 is 0 Å². The van der Waals surface area contributed by atoms with Gasteiger partial charge in [-0.15, -0.1) is 0 Å². The normalized spacial score (nSPS) is 23.8. The third-order valence-electron chi connectivity index (χ3n) is 5.22. The molecule has 1 aliphatic rings. The number of rotatable bonds is 4. The first-order valence-corrected chi connectivity index (χ1v) is 12.1. The summed E-state index contributed by atoms with van der Waals surface area (Å²) in [5, 5.41) is 0. The molecule has 1 aliphatic heterocycles. The van der Waals surface area contributed by atoms with Crippen LogP contribution in [0.4, 0.5) is 0 Å². The van der Waals surface area contributed by atoms with Crippen LogP contribution in [0.15, 0.2) is 0 Å². The summed E-state index contributed by atoms with van der Waals surface area (Å²) in [5.41, 5.74) is 3.70. The second-order valence-corrected chi connectivity index (χ2v) is 21.3. The Hall–Kier alpha value is 0.394. The van der Waals surface area contributed by atoms with E-state index >= 15 is 0 Å². The molecular formula is C13H31NSi2. The molecule has 16 heavy (non-hydrogen) atoms. The van der Waals surface area contributed by atoms with Gasteiger partial charge in [0.1, 0.15) is 15.5 Å². The van der Waals surface area contributed by atoms with Gasteiger partial charge in [-0.1, -0.05) is 55.4 Å². The molecule has 1 heterocycles. The Morgan fingerprint density at radius 2 is 0.750 bits per heavy atom. The van der Waals surface area contributed by atoms with Gasteiger partial charge < -0.3 is 4.23 Å². The lowest BCUT2D eigenvalue weighted by Crippen LogP contribution is -2.44. The lowest BCUT2D eigenvalue weighted by atomic mass is 10.5. The lowest BCUT2D eigenvalue weighted by molar-refractivity contribution is 0.760. The van der Waals surface area contributed by atoms with E-state index in [2.05, 4.69) is 66.7 Å². The number of nitrogens with zero attached hydrogens (tertiary/aromatic N) is 1. The van der Waals surface area contributed by atoms with Crippen molar-refractivity contribution in [3.63, 3.8) is 0 Å². The van der Waals surface area contributed by atoms with Gasteiger partial charge in [0.25, 0.3) is 0 Å². The minimum absolute atomic E-state index is 0.925. The van der Waals surface area contributed by atoms with Crippen LogP contribution in [0.25, 0.3) is 0 Å². The molecule has 0 spiro atoms. The SMILES string of the molecule is CC(C)[Si]1(C(C)C)N(C)[Si]1(C(C)C)C(C)C. The van der Waals surface area contributed by atoms with E-state index < -0.39 is 15.5 Å². The third-order valence-corrected chi connectivity index (χ3v) is 29.7. The van der Waals surface area contributed by atoms with Gasteiger partial charge in [0.05, 0.1) is 0 Å². The van der Waals surface area contributed by atoms with Crippen molar-refractivity contribution in [3.8, 4) is 0 Å². The van der Waals surface area contributed by atoms with E-state index in [-0.39, 0.29) is 0 Å². The lowest BCUT2D eigenvalue weighted by Gasteiger charge is -2.31. The summed E-state index contributed by atoms with van der Waals surface area (Å²) in [5.74, 6) is 0. The Balaban J connectivity index is 3.25. The van der Waals surface area contributed by atoms with Crippen LogP contribution in [0.3, 0.4) is 0 Å². The number of hydrogen-bond acceptors (Lipinski definition) is 1. The molecule has 0 N–H and O–H groups in total. The van der Waals surface area contributed by atoms with Crippen LogP contribution in [-0.2, 0) is 0 Å². The summed E-state index contributed by atoms with van der Waals surface area (Å²) in [7, 11) is 0.167. The van der Waals surface area contributed by atoms with Crippen LogP contribution in [-0.4, -0.2) is 26.8 Å². The highest BCUT2D eigenvalue weighted by molar-refractivity contribution is 7.57. The Morgan fingerprint density at radius 3 is 0.812 bits per heavy atom.